The third-order valence-electron chi connectivity index (χ3n) is 28.2. The van der Waals surface area contributed by atoms with Gasteiger partial charge >= 0.3 is 0 Å². The minimum atomic E-state index is -2.81. The van der Waals surface area contributed by atoms with Gasteiger partial charge < -0.3 is 78.1 Å². The summed E-state index contributed by atoms with van der Waals surface area (Å²) >= 11 is 0. The summed E-state index contributed by atoms with van der Waals surface area (Å²) in [6.45, 7) is 35.8. The molecule has 2 saturated carbocycles. The van der Waals surface area contributed by atoms with Gasteiger partial charge in [0.1, 0.15) is 5.82 Å². The van der Waals surface area contributed by atoms with Crippen molar-refractivity contribution in [1.29, 1.82) is 0 Å². The Hall–Kier alpha value is -7.37. The number of hydroxylamine groups is 2. The van der Waals surface area contributed by atoms with E-state index in [9.17, 15) is 55.9 Å². The molecule has 28 nitrogen and oxygen atoms in total. The number of piperidine rings is 8. The topological polar surface area (TPSA) is 229 Å². The normalized spacial score (nSPS) is 20.6. The van der Waals surface area contributed by atoms with Gasteiger partial charge in [0.15, 0.2) is 0 Å². The molecule has 0 bridgehead atoms. The first-order valence-corrected chi connectivity index (χ1v) is 48.9. The van der Waals surface area contributed by atoms with Gasteiger partial charge in [-0.05, 0) is 327 Å². The lowest BCUT2D eigenvalue weighted by Gasteiger charge is -2.47. The Morgan fingerprint density at radius 2 is 0.714 bits per heavy atom. The maximum Gasteiger partial charge on any atom is 0.262 e. The number of para-hydroxylation sites is 1. The van der Waals surface area contributed by atoms with Crippen LogP contribution in [0.3, 0.4) is 0 Å². The smallest absolute Gasteiger partial charge is 0.262 e. The Balaban J connectivity index is 0.000000234. The Labute approximate surface area is 796 Å². The van der Waals surface area contributed by atoms with Gasteiger partial charge in [-0.1, -0.05) is 54.6 Å². The highest BCUT2D eigenvalue weighted by Crippen LogP contribution is 2.43. The molecule has 8 amide bonds. The third kappa shape index (κ3) is 39.6. The van der Waals surface area contributed by atoms with Crippen LogP contribution in [0.5, 0.6) is 0 Å². The molecule has 8 saturated heterocycles. The first-order chi connectivity index (χ1) is 62.8. The van der Waals surface area contributed by atoms with E-state index in [4.69, 9.17) is 14.3 Å². The number of alkyl halides is 4. The quantitative estimate of drug-likeness (QED) is 0.0672. The zero-order chi connectivity index (χ0) is 98.5. The Morgan fingerprint density at radius 3 is 1.02 bits per heavy atom. The second-order valence-electron chi connectivity index (χ2n) is 39.8. The van der Waals surface area contributed by atoms with E-state index in [1.165, 1.54) is 35.8 Å². The van der Waals surface area contributed by atoms with Crippen molar-refractivity contribution in [2.24, 2.45) is 0 Å². The molecular formula is C101H171F4N17O11. The zero-order valence-corrected chi connectivity index (χ0v) is 85.4. The number of amides is 8. The zero-order valence-electron chi connectivity index (χ0n) is 85.4. The molecular weight excluding hydrogens is 1700 g/mol. The Bertz CT molecular complexity index is 3790. The van der Waals surface area contributed by atoms with Crippen molar-refractivity contribution < 1.29 is 70.2 Å². The van der Waals surface area contributed by atoms with Gasteiger partial charge in [0, 0.05) is 169 Å². The average Bonchev–Trinajstić information content (AvgIpc) is 0.813. The van der Waals surface area contributed by atoms with Crippen molar-refractivity contribution in [2.45, 2.75) is 295 Å². The number of nitrogens with zero attached hydrogens (tertiary/aromatic N) is 17. The number of carbonyl (C=O) groups excluding carboxylic acids is 8. The Kier molecular flexibility index (Phi) is 48.6. The second kappa shape index (κ2) is 56.5. The third-order valence-corrected chi connectivity index (χ3v) is 28.2. The summed E-state index contributed by atoms with van der Waals surface area (Å²) in [5.41, 5.74) is 1.92. The molecule has 10 fully saturated rings. The maximum absolute atomic E-state index is 13.0. The molecule has 133 heavy (non-hydrogen) atoms. The fourth-order valence-corrected chi connectivity index (χ4v) is 19.6. The lowest BCUT2D eigenvalue weighted by molar-refractivity contribution is -0.190. The van der Waals surface area contributed by atoms with Crippen LogP contribution in [0.15, 0.2) is 85.1 Å². The molecule has 0 spiro atoms. The molecule has 0 radical (unpaired) electrons. The summed E-state index contributed by atoms with van der Waals surface area (Å²) in [5.74, 6) is -4.13. The molecule has 32 heteroatoms. The van der Waals surface area contributed by atoms with Gasteiger partial charge in [0.25, 0.3) is 11.8 Å². The van der Waals surface area contributed by atoms with Gasteiger partial charge in [-0.15, -0.1) is 0 Å². The molecule has 13 rings (SSSR count). The van der Waals surface area contributed by atoms with Crippen LogP contribution in [0.4, 0.5) is 29.1 Å². The number of hydrogen-bond acceptors (Lipinski definition) is 20. The Morgan fingerprint density at radius 1 is 0.383 bits per heavy atom. The number of hydrogen-bond donors (Lipinski definition) is 0. The molecule has 0 N–H and O–H groups in total. The number of pyridine rings is 1. The molecule has 8 aliphatic heterocycles. The molecule has 754 valence electrons. The lowest BCUT2D eigenvalue weighted by atomic mass is 9.79. The summed E-state index contributed by atoms with van der Waals surface area (Å²) in [6.07, 6.45) is 20.9. The van der Waals surface area contributed by atoms with E-state index in [0.29, 0.717) is 36.8 Å². The van der Waals surface area contributed by atoms with Crippen molar-refractivity contribution in [1.82, 2.24) is 73.7 Å². The largest absolute Gasteiger partial charge is 0.377 e. The number of benzene rings is 2. The summed E-state index contributed by atoms with van der Waals surface area (Å²) in [7, 11) is 21.9. The first-order valence-electron chi connectivity index (χ1n) is 48.9. The minimum absolute atomic E-state index is 0.00273. The van der Waals surface area contributed by atoms with Gasteiger partial charge in [0.2, 0.25) is 47.3 Å². The van der Waals surface area contributed by atoms with Gasteiger partial charge in [0.05, 0.1) is 30.9 Å². The number of methoxy groups -OCH3 is 2. The van der Waals surface area contributed by atoms with Crippen molar-refractivity contribution in [3.63, 3.8) is 0 Å². The predicted molar refractivity (Wildman–Crippen MR) is 521 cm³/mol. The average molecular weight is 1880 g/mol. The van der Waals surface area contributed by atoms with Crippen molar-refractivity contribution >= 4 is 58.8 Å². The highest BCUT2D eigenvalue weighted by Gasteiger charge is 2.50. The number of rotatable bonds is 22. The highest BCUT2D eigenvalue weighted by atomic mass is 19.3. The second-order valence-corrected chi connectivity index (χ2v) is 39.8. The van der Waals surface area contributed by atoms with Crippen LogP contribution in [0, 0.1) is 0 Å². The van der Waals surface area contributed by atoms with Crippen LogP contribution in [0.1, 0.15) is 217 Å². The van der Waals surface area contributed by atoms with E-state index in [2.05, 4.69) is 104 Å². The SMILES string of the molecule is CC(=O)N(C1CCN(C)CC1)C1CC(F)(F)C1.CC(=O)N(CC(C)(F)F)C1CCN(C)CC1.CC(=O)N(Cc1ccccc1)C1CCN(C)CC1.CC(=O)N(c1ccccc1)C1CCN(C)CC1.CC(=O)N(c1ccccn1)C1CCN(C)CC1.COC(C)(C)CN(C(C)=O)C1CCN(C)CC1.COC1(CN(C(C)=O)C2CCN(C)CC2)CCC1.CON(C(C)=O)C1CCN(C)CC1. The summed E-state index contributed by atoms with van der Waals surface area (Å²) in [6, 6.07) is 27.9. The summed E-state index contributed by atoms with van der Waals surface area (Å²) in [5, 5.41) is 1.49. The van der Waals surface area contributed by atoms with Crippen LogP contribution in [-0.2, 0) is 59.2 Å². The van der Waals surface area contributed by atoms with E-state index >= 15 is 0 Å². The minimum Gasteiger partial charge on any atom is -0.377 e. The number of ether oxygens (including phenoxy) is 2. The summed E-state index contributed by atoms with van der Waals surface area (Å²) < 4.78 is 62.8. The number of aromatic nitrogens is 1. The van der Waals surface area contributed by atoms with Gasteiger partial charge in [-0.3, -0.25) is 48.1 Å². The fourth-order valence-electron chi connectivity index (χ4n) is 19.6. The van der Waals surface area contributed by atoms with Crippen LogP contribution < -0.4 is 9.80 Å². The fraction of sp³-hybridized carbons (Fsp3) is 0.752. The molecule has 2 aliphatic carbocycles. The molecule has 10 aliphatic rings. The molecule has 9 heterocycles. The van der Waals surface area contributed by atoms with Crippen molar-refractivity contribution in [3.05, 3.63) is 90.6 Å². The van der Waals surface area contributed by atoms with Crippen molar-refractivity contribution in [3.8, 4) is 0 Å². The molecule has 0 unspecified atom stereocenters. The maximum atomic E-state index is 13.0. The first kappa shape index (κ1) is 114. The van der Waals surface area contributed by atoms with Crippen LogP contribution in [0.25, 0.3) is 0 Å². The van der Waals surface area contributed by atoms with Crippen LogP contribution >= 0.6 is 0 Å². The monoisotopic (exact) mass is 1870 g/mol. The molecule has 0 atom stereocenters. The standard InChI is InChI=1S/C15H22N2O.C14H26N2O2.C14H20N2O.C13H19N3O.C13H26N2O2.C12H20F2N2O.C11H20F2N2O.C9H18N2O2/c1-13(18)17(12-14-6-4-3-5-7-14)15-8-10-16(2)11-9-15;1-12(17)16(11-14(18-3)7-4-8-14)13-5-9-15(2)10-6-13;1-12(17)16(13-6-4-3-5-7-13)14-8-10-15(2)11-9-14;1-11(17)16(13-5-3-4-8-14-13)12-6-9-15(2)10-7-12;1-11(16)15(10-13(2,3)17-5)12-6-8-14(4)9-7-12;1-9(17)16(11-7-12(13,14)8-11)10-3-5-15(2)6-4-10;1-9(16)15(8-11(2,12)13)10-4-6-14(3)7-5-10;1-8(12)11(13-3)9-4-6-10(2)7-5-9/h3-7,15H,8-12H2,1-2H3;13H,4-11H2,1-3H3;3-7,14H,8-11H2,1-2H3;3-5,8,12H,6-7,9-10H2,1-2H3;12H,6-10H2,1-5H3;10-11H,3-8H2,1-2H3;10H,4-8H2,1-3H3;9H,4-7H2,1-3H3. The highest BCUT2D eigenvalue weighted by molar-refractivity contribution is 5.92. The molecule has 2 aromatic carbocycles. The van der Waals surface area contributed by atoms with E-state index in [1.807, 2.05) is 114 Å². The van der Waals surface area contributed by atoms with Gasteiger partial charge in [-0.25, -0.2) is 27.6 Å². The van der Waals surface area contributed by atoms with Crippen LogP contribution in [-0.4, -0.2) is 400 Å². The van der Waals surface area contributed by atoms with E-state index in [0.717, 1.165) is 252 Å². The summed E-state index contributed by atoms with van der Waals surface area (Å²) in [4.78, 5) is 134. The van der Waals surface area contributed by atoms with Gasteiger partial charge in [-0.2, -0.15) is 0 Å². The number of carbonyl (C=O) groups is 8. The van der Waals surface area contributed by atoms with Crippen molar-refractivity contribution in [2.75, 3.05) is 212 Å². The lowest BCUT2D eigenvalue weighted by Crippen LogP contribution is -2.57. The van der Waals surface area contributed by atoms with E-state index in [-0.39, 0.29) is 95.5 Å². The number of anilines is 2. The van der Waals surface area contributed by atoms with E-state index < -0.39 is 18.4 Å². The molecule has 3 aromatic rings. The van der Waals surface area contributed by atoms with E-state index in [1.54, 1.807) is 74.0 Å². The predicted octanol–water partition coefficient (Wildman–Crippen LogP) is 12.4. The number of likely N-dealkylation sites (tertiary alicyclic amines) is 8. The van der Waals surface area contributed by atoms with Crippen LogP contribution in [0.2, 0.25) is 0 Å². The molecule has 1 aromatic heterocycles. The number of halogens is 4.